The standard InChI is InChI=1S/C16H16F3N5O/c17-16(18,19)10-7-21-14(22-8-10)9-23-15(20)24-12-5-6-25-13-4-2-1-3-11(12)13/h1-4,7-8,12H,5-6,9H2,(H3,20,23,24). The van der Waals surface area contributed by atoms with Crippen molar-refractivity contribution in [2.75, 3.05) is 6.61 Å². The molecule has 1 aromatic carbocycles. The molecule has 2 aromatic rings. The van der Waals surface area contributed by atoms with Crippen LogP contribution in [0.5, 0.6) is 5.75 Å². The quantitative estimate of drug-likeness (QED) is 0.655. The van der Waals surface area contributed by atoms with Crippen LogP contribution in [-0.4, -0.2) is 22.5 Å². The Kier molecular flexibility index (Phi) is 4.73. The summed E-state index contributed by atoms with van der Waals surface area (Å²) in [5.41, 5.74) is 5.96. The van der Waals surface area contributed by atoms with E-state index in [2.05, 4.69) is 20.3 Å². The van der Waals surface area contributed by atoms with E-state index in [1.807, 2.05) is 24.3 Å². The number of nitrogens with two attached hydrogens (primary N) is 1. The van der Waals surface area contributed by atoms with Crippen molar-refractivity contribution in [3.63, 3.8) is 0 Å². The first-order valence-corrected chi connectivity index (χ1v) is 7.60. The molecule has 0 bridgehead atoms. The second kappa shape index (κ2) is 6.96. The number of hydrogen-bond acceptors (Lipinski definition) is 4. The molecule has 6 nitrogen and oxygen atoms in total. The van der Waals surface area contributed by atoms with E-state index in [0.29, 0.717) is 6.61 Å². The molecule has 25 heavy (non-hydrogen) atoms. The van der Waals surface area contributed by atoms with Gasteiger partial charge in [0.15, 0.2) is 5.96 Å². The molecule has 0 radical (unpaired) electrons. The van der Waals surface area contributed by atoms with Crippen LogP contribution >= 0.6 is 0 Å². The van der Waals surface area contributed by atoms with Gasteiger partial charge in [-0.3, -0.25) is 0 Å². The molecule has 1 aromatic heterocycles. The van der Waals surface area contributed by atoms with Crippen LogP contribution in [0.25, 0.3) is 0 Å². The number of guanidine groups is 1. The lowest BCUT2D eigenvalue weighted by Gasteiger charge is -2.26. The van der Waals surface area contributed by atoms with Crippen LogP contribution in [0, 0.1) is 0 Å². The number of nitrogens with one attached hydrogen (secondary N) is 1. The first kappa shape index (κ1) is 17.0. The fourth-order valence-electron chi connectivity index (χ4n) is 2.45. The predicted octanol–water partition coefficient (Wildman–Crippen LogP) is 2.42. The van der Waals surface area contributed by atoms with Gasteiger partial charge in [0.25, 0.3) is 0 Å². The minimum Gasteiger partial charge on any atom is -0.493 e. The van der Waals surface area contributed by atoms with Gasteiger partial charge in [0.05, 0.1) is 18.2 Å². The molecule has 0 spiro atoms. The highest BCUT2D eigenvalue weighted by Crippen LogP contribution is 2.31. The predicted molar refractivity (Wildman–Crippen MR) is 84.8 cm³/mol. The number of halogens is 3. The van der Waals surface area contributed by atoms with Crippen molar-refractivity contribution < 1.29 is 17.9 Å². The second-order valence-corrected chi connectivity index (χ2v) is 5.46. The Morgan fingerprint density at radius 3 is 2.72 bits per heavy atom. The Hall–Kier alpha value is -2.84. The van der Waals surface area contributed by atoms with Crippen LogP contribution in [0.3, 0.4) is 0 Å². The van der Waals surface area contributed by atoms with Gasteiger partial charge in [-0.1, -0.05) is 18.2 Å². The van der Waals surface area contributed by atoms with E-state index in [1.54, 1.807) is 0 Å². The van der Waals surface area contributed by atoms with Gasteiger partial charge in [-0.15, -0.1) is 0 Å². The first-order valence-electron chi connectivity index (χ1n) is 7.60. The molecule has 1 aliphatic rings. The van der Waals surface area contributed by atoms with Crippen molar-refractivity contribution in [2.45, 2.75) is 25.2 Å². The van der Waals surface area contributed by atoms with Gasteiger partial charge in [0.2, 0.25) is 0 Å². The van der Waals surface area contributed by atoms with Crippen LogP contribution in [0.4, 0.5) is 13.2 Å². The summed E-state index contributed by atoms with van der Waals surface area (Å²) in [5, 5.41) is 3.09. The normalized spacial score (nSPS) is 17.6. The highest BCUT2D eigenvalue weighted by Gasteiger charge is 2.31. The summed E-state index contributed by atoms with van der Waals surface area (Å²) in [6, 6.07) is 7.58. The maximum Gasteiger partial charge on any atom is 0.419 e. The van der Waals surface area contributed by atoms with Gasteiger partial charge in [0, 0.05) is 24.4 Å². The number of alkyl halides is 3. The molecular formula is C16H16F3N5O. The maximum absolute atomic E-state index is 12.5. The van der Waals surface area contributed by atoms with Gasteiger partial charge in [0.1, 0.15) is 18.1 Å². The number of hydrogen-bond donors (Lipinski definition) is 2. The Balaban J connectivity index is 1.63. The highest BCUT2D eigenvalue weighted by atomic mass is 19.4. The molecule has 1 atom stereocenters. The number of aliphatic imine (C=N–C) groups is 1. The summed E-state index contributed by atoms with van der Waals surface area (Å²) in [4.78, 5) is 11.4. The molecule has 0 saturated carbocycles. The van der Waals surface area contributed by atoms with Crippen molar-refractivity contribution >= 4 is 5.96 Å². The third-order valence-corrected chi connectivity index (χ3v) is 3.70. The summed E-state index contributed by atoms with van der Waals surface area (Å²) in [5.74, 6) is 1.13. The number of para-hydroxylation sites is 1. The smallest absolute Gasteiger partial charge is 0.419 e. The summed E-state index contributed by atoms with van der Waals surface area (Å²) in [6.07, 6.45) is -2.27. The lowest BCUT2D eigenvalue weighted by Crippen LogP contribution is -2.37. The zero-order valence-corrected chi connectivity index (χ0v) is 13.1. The van der Waals surface area contributed by atoms with Crippen LogP contribution in [0.15, 0.2) is 41.7 Å². The Bertz CT molecular complexity index is 761. The Morgan fingerprint density at radius 1 is 1.28 bits per heavy atom. The number of fused-ring (bicyclic) bond motifs is 1. The number of rotatable bonds is 3. The first-order chi connectivity index (χ1) is 11.9. The SMILES string of the molecule is NC(=NCc1ncc(C(F)(F)F)cn1)NC1CCOc2ccccc21. The molecule has 1 unspecified atom stereocenters. The number of aromatic nitrogens is 2. The van der Waals surface area contributed by atoms with Gasteiger partial charge in [-0.2, -0.15) is 13.2 Å². The molecule has 0 aliphatic carbocycles. The maximum atomic E-state index is 12.5. The van der Waals surface area contributed by atoms with E-state index in [4.69, 9.17) is 10.5 Å². The van der Waals surface area contributed by atoms with E-state index in [0.717, 1.165) is 30.1 Å². The van der Waals surface area contributed by atoms with Gasteiger partial charge >= 0.3 is 6.18 Å². The lowest BCUT2D eigenvalue weighted by molar-refractivity contribution is -0.138. The van der Waals surface area contributed by atoms with Crippen molar-refractivity contribution in [1.29, 1.82) is 0 Å². The zero-order chi connectivity index (χ0) is 17.9. The average molecular weight is 351 g/mol. The number of nitrogens with zero attached hydrogens (tertiary/aromatic N) is 3. The largest absolute Gasteiger partial charge is 0.493 e. The van der Waals surface area contributed by atoms with E-state index in [1.165, 1.54) is 0 Å². The third-order valence-electron chi connectivity index (χ3n) is 3.70. The van der Waals surface area contributed by atoms with Crippen molar-refractivity contribution in [3.8, 4) is 5.75 Å². The van der Waals surface area contributed by atoms with Crippen LogP contribution < -0.4 is 15.8 Å². The van der Waals surface area contributed by atoms with Crippen molar-refractivity contribution in [1.82, 2.24) is 15.3 Å². The molecule has 1 aliphatic heterocycles. The molecule has 9 heteroatoms. The molecule has 132 valence electrons. The van der Waals surface area contributed by atoms with Crippen molar-refractivity contribution in [2.24, 2.45) is 10.7 Å². The summed E-state index contributed by atoms with van der Waals surface area (Å²) < 4.78 is 43.0. The van der Waals surface area contributed by atoms with Crippen LogP contribution in [0.2, 0.25) is 0 Å². The summed E-state index contributed by atoms with van der Waals surface area (Å²) in [7, 11) is 0. The third kappa shape index (κ3) is 4.17. The molecular weight excluding hydrogens is 335 g/mol. The van der Waals surface area contributed by atoms with Gasteiger partial charge in [-0.25, -0.2) is 15.0 Å². The topological polar surface area (TPSA) is 85.4 Å². The second-order valence-electron chi connectivity index (χ2n) is 5.46. The summed E-state index contributed by atoms with van der Waals surface area (Å²) in [6.45, 7) is 0.547. The van der Waals surface area contributed by atoms with Gasteiger partial charge in [-0.05, 0) is 6.07 Å². The summed E-state index contributed by atoms with van der Waals surface area (Å²) >= 11 is 0. The molecule has 3 rings (SSSR count). The molecule has 0 amide bonds. The van der Waals surface area contributed by atoms with E-state index in [-0.39, 0.29) is 24.4 Å². The van der Waals surface area contributed by atoms with E-state index >= 15 is 0 Å². The minimum atomic E-state index is -4.46. The molecule has 0 saturated heterocycles. The number of benzene rings is 1. The minimum absolute atomic E-state index is 0.0121. The van der Waals surface area contributed by atoms with Gasteiger partial charge < -0.3 is 15.8 Å². The highest BCUT2D eigenvalue weighted by molar-refractivity contribution is 5.78. The Labute approximate surface area is 142 Å². The zero-order valence-electron chi connectivity index (χ0n) is 13.1. The van der Waals surface area contributed by atoms with Crippen LogP contribution in [-0.2, 0) is 12.7 Å². The fourth-order valence-corrected chi connectivity index (χ4v) is 2.45. The monoisotopic (exact) mass is 351 g/mol. The van der Waals surface area contributed by atoms with E-state index < -0.39 is 11.7 Å². The lowest BCUT2D eigenvalue weighted by atomic mass is 10.0. The fraction of sp³-hybridized carbons (Fsp3) is 0.312. The molecule has 0 fully saturated rings. The molecule has 3 N–H and O–H groups in total. The van der Waals surface area contributed by atoms with E-state index in [9.17, 15) is 13.2 Å². The average Bonchev–Trinajstić information content (AvgIpc) is 2.60. The number of ether oxygens (including phenoxy) is 1. The van der Waals surface area contributed by atoms with Crippen molar-refractivity contribution in [3.05, 3.63) is 53.6 Å². The van der Waals surface area contributed by atoms with Crippen LogP contribution in [0.1, 0.15) is 29.4 Å². The molecule has 2 heterocycles. The Morgan fingerprint density at radius 2 is 2.00 bits per heavy atom.